The van der Waals surface area contributed by atoms with Crippen LogP contribution in [0.4, 0.5) is 4.39 Å². The van der Waals surface area contributed by atoms with E-state index < -0.39 is 11.8 Å². The van der Waals surface area contributed by atoms with Crippen molar-refractivity contribution in [3.63, 3.8) is 0 Å². The van der Waals surface area contributed by atoms with Gasteiger partial charge in [0.2, 0.25) is 0 Å². The van der Waals surface area contributed by atoms with Gasteiger partial charge in [0.25, 0.3) is 0 Å². The van der Waals surface area contributed by atoms with Crippen LogP contribution in [0.2, 0.25) is 5.02 Å². The Morgan fingerprint density at radius 3 is 2.71 bits per heavy atom. The van der Waals surface area contributed by atoms with Gasteiger partial charge < -0.3 is 14.5 Å². The van der Waals surface area contributed by atoms with Gasteiger partial charge in [0, 0.05) is 36.1 Å². The van der Waals surface area contributed by atoms with Gasteiger partial charge >= 0.3 is 18.9 Å². The van der Waals surface area contributed by atoms with Crippen molar-refractivity contribution >= 4 is 28.6 Å². The van der Waals surface area contributed by atoms with Crippen LogP contribution in [0.25, 0.3) is 22.2 Å². The minimum Gasteiger partial charge on any atom is -0.543 e. The summed E-state index contributed by atoms with van der Waals surface area (Å²) >= 11 is 5.78. The maximum absolute atomic E-state index is 13.9. The Kier molecular flexibility index (Phi) is 5.89. The van der Waals surface area contributed by atoms with Crippen LogP contribution in [-0.2, 0) is 13.1 Å². The number of carbonyl (C=O) groups is 1. The van der Waals surface area contributed by atoms with Crippen LogP contribution in [-0.4, -0.2) is 25.3 Å². The molecule has 0 fully saturated rings. The summed E-state index contributed by atoms with van der Waals surface area (Å²) in [6, 6.07) is 9.40. The van der Waals surface area contributed by atoms with E-state index in [1.165, 1.54) is 18.2 Å². The molecule has 0 atom stereocenters. The van der Waals surface area contributed by atoms with Gasteiger partial charge in [0.15, 0.2) is 0 Å². The number of carboxylic acids is 1. The molecule has 4 aromatic rings. The van der Waals surface area contributed by atoms with Crippen LogP contribution in [0, 0.1) is 5.82 Å². The van der Waals surface area contributed by atoms with Gasteiger partial charge in [-0.1, -0.05) is 17.7 Å². The Hall–Kier alpha value is -2.59. The first-order valence-corrected chi connectivity index (χ1v) is 8.55. The van der Waals surface area contributed by atoms with Crippen molar-refractivity contribution in [1.82, 2.24) is 19.3 Å². The second-order valence-electron chi connectivity index (χ2n) is 5.99. The maximum atomic E-state index is 13.9. The second-order valence-corrected chi connectivity index (χ2v) is 6.40. The van der Waals surface area contributed by atoms with E-state index in [0.717, 1.165) is 5.56 Å². The van der Waals surface area contributed by atoms with Crippen molar-refractivity contribution in [3.8, 4) is 11.1 Å². The van der Waals surface area contributed by atoms with Gasteiger partial charge in [-0.2, -0.15) is 5.10 Å². The first-order valence-electron chi connectivity index (χ1n) is 8.17. The summed E-state index contributed by atoms with van der Waals surface area (Å²) in [5.74, 6) is -1.87. The molecular formula is C19H13ClFLiN4O2. The largest absolute Gasteiger partial charge is 1.00 e. The van der Waals surface area contributed by atoms with Gasteiger partial charge in [-0.15, -0.1) is 0 Å². The molecule has 0 spiro atoms. The number of benzene rings is 1. The van der Waals surface area contributed by atoms with E-state index in [1.807, 2.05) is 23.0 Å². The molecule has 0 saturated carbocycles. The SMILES string of the molecule is O=C([O-])c1ccc2c(-c3ccc(Cl)c(F)c3)cn(CCn3cccn3)c2n1.[Li+]. The van der Waals surface area contributed by atoms with E-state index in [9.17, 15) is 14.3 Å². The van der Waals surface area contributed by atoms with Crippen LogP contribution in [0.3, 0.4) is 0 Å². The zero-order valence-electron chi connectivity index (χ0n) is 15.0. The van der Waals surface area contributed by atoms with Crippen molar-refractivity contribution in [2.45, 2.75) is 13.1 Å². The minimum atomic E-state index is -1.35. The quantitative estimate of drug-likeness (QED) is 0.441. The molecule has 9 heteroatoms. The summed E-state index contributed by atoms with van der Waals surface area (Å²) in [5.41, 5.74) is 1.69. The zero-order chi connectivity index (χ0) is 19.0. The maximum Gasteiger partial charge on any atom is 1.00 e. The Morgan fingerprint density at radius 1 is 1.21 bits per heavy atom. The predicted molar refractivity (Wildman–Crippen MR) is 96.7 cm³/mol. The van der Waals surface area contributed by atoms with E-state index >= 15 is 0 Å². The van der Waals surface area contributed by atoms with Crippen LogP contribution in [0.5, 0.6) is 0 Å². The smallest absolute Gasteiger partial charge is 0.543 e. The average molecular weight is 391 g/mol. The summed E-state index contributed by atoms with van der Waals surface area (Å²) < 4.78 is 17.5. The number of nitrogens with zero attached hydrogens (tertiary/aromatic N) is 4. The molecule has 0 aliphatic heterocycles. The van der Waals surface area contributed by atoms with Gasteiger partial charge in [-0.05, 0) is 35.9 Å². The molecule has 6 nitrogen and oxygen atoms in total. The third-order valence-electron chi connectivity index (χ3n) is 4.29. The van der Waals surface area contributed by atoms with Crippen molar-refractivity contribution in [1.29, 1.82) is 0 Å². The number of halogens is 2. The third kappa shape index (κ3) is 3.83. The molecule has 1 aromatic carbocycles. The summed E-state index contributed by atoms with van der Waals surface area (Å²) in [6.07, 6.45) is 5.34. The van der Waals surface area contributed by atoms with Crippen LogP contribution >= 0.6 is 11.6 Å². The fourth-order valence-electron chi connectivity index (χ4n) is 2.98. The van der Waals surface area contributed by atoms with Crippen molar-refractivity contribution in [3.05, 3.63) is 71.5 Å². The fourth-order valence-corrected chi connectivity index (χ4v) is 3.10. The number of carboxylic acid groups (broad SMARTS) is 1. The number of rotatable bonds is 5. The average Bonchev–Trinajstić information content (AvgIpc) is 3.29. The fraction of sp³-hybridized carbons (Fsp3) is 0.105. The topological polar surface area (TPSA) is 75.8 Å². The molecule has 0 amide bonds. The third-order valence-corrected chi connectivity index (χ3v) is 4.60. The van der Waals surface area contributed by atoms with Crippen LogP contribution < -0.4 is 24.0 Å². The first kappa shape index (κ1) is 20.1. The molecule has 3 aromatic heterocycles. The molecule has 3 heterocycles. The Bertz CT molecular complexity index is 1140. The molecular weight excluding hydrogens is 378 g/mol. The Balaban J connectivity index is 0.00000225. The van der Waals surface area contributed by atoms with Crippen molar-refractivity contribution < 1.29 is 33.2 Å². The molecule has 28 heavy (non-hydrogen) atoms. The number of pyridine rings is 1. The Labute approximate surface area is 176 Å². The van der Waals surface area contributed by atoms with E-state index in [1.54, 1.807) is 23.0 Å². The summed E-state index contributed by atoms with van der Waals surface area (Å²) in [5, 5.41) is 16.1. The van der Waals surface area contributed by atoms with Crippen molar-refractivity contribution in [2.75, 3.05) is 0 Å². The molecule has 4 rings (SSSR count). The van der Waals surface area contributed by atoms with E-state index in [4.69, 9.17) is 11.6 Å². The van der Waals surface area contributed by atoms with Gasteiger partial charge in [-0.25, -0.2) is 9.37 Å². The van der Waals surface area contributed by atoms with Gasteiger partial charge in [-0.3, -0.25) is 4.68 Å². The standard InChI is InChI=1S/C19H14ClFN4O2.Li/c20-15-4-2-12(10-16(15)21)14-11-24(8-9-25-7-1-6-22-25)18-13(14)3-5-17(23-18)19(26)27;/h1-7,10-11H,8-9H2,(H,26,27);/q;+1/p-1. The Morgan fingerprint density at radius 2 is 2.04 bits per heavy atom. The summed E-state index contributed by atoms with van der Waals surface area (Å²) in [6.45, 7) is 1.08. The first-order chi connectivity index (χ1) is 13.0. The molecule has 0 bridgehead atoms. The van der Waals surface area contributed by atoms with E-state index in [2.05, 4.69) is 10.1 Å². The number of carbonyl (C=O) groups excluding carboxylic acids is 1. The molecule has 0 saturated heterocycles. The van der Waals surface area contributed by atoms with Gasteiger partial charge in [0.05, 0.1) is 23.2 Å². The normalized spacial score (nSPS) is 10.8. The van der Waals surface area contributed by atoms with Gasteiger partial charge in [0.1, 0.15) is 11.5 Å². The molecule has 136 valence electrons. The van der Waals surface area contributed by atoms with Crippen LogP contribution in [0.15, 0.2) is 55.0 Å². The predicted octanol–water partition coefficient (Wildman–Crippen LogP) is -0.240. The number of fused-ring (bicyclic) bond motifs is 1. The molecule has 0 radical (unpaired) electrons. The zero-order valence-corrected chi connectivity index (χ0v) is 15.7. The minimum absolute atomic E-state index is 0. The monoisotopic (exact) mass is 390 g/mol. The van der Waals surface area contributed by atoms with Crippen molar-refractivity contribution in [2.24, 2.45) is 0 Å². The summed E-state index contributed by atoms with van der Waals surface area (Å²) in [4.78, 5) is 15.4. The number of aryl methyl sites for hydroxylation is 2. The van der Waals surface area contributed by atoms with E-state index in [-0.39, 0.29) is 29.6 Å². The second kappa shape index (κ2) is 8.19. The van der Waals surface area contributed by atoms with Crippen LogP contribution in [0.1, 0.15) is 10.5 Å². The number of aromatic carboxylic acids is 1. The molecule has 0 aliphatic carbocycles. The van der Waals surface area contributed by atoms with E-state index in [0.29, 0.717) is 29.7 Å². The number of hydrogen-bond donors (Lipinski definition) is 0. The summed E-state index contributed by atoms with van der Waals surface area (Å²) in [7, 11) is 0. The molecule has 0 aliphatic rings. The number of hydrogen-bond acceptors (Lipinski definition) is 4. The number of aromatic nitrogens is 4. The molecule has 0 N–H and O–H groups in total. The molecule has 0 unspecified atom stereocenters.